The van der Waals surface area contributed by atoms with E-state index in [1.54, 1.807) is 19.1 Å². The van der Waals surface area contributed by atoms with E-state index in [1.165, 1.54) is 18.3 Å². The molecule has 0 radical (unpaired) electrons. The molecular formula is C20H12F3N5. The first kappa shape index (κ1) is 18.9. The highest BCUT2D eigenvalue weighted by Gasteiger charge is 2.30. The molecule has 0 spiro atoms. The van der Waals surface area contributed by atoms with E-state index in [0.717, 1.165) is 17.8 Å². The fourth-order valence-electron chi connectivity index (χ4n) is 2.76. The smallest absolute Gasteiger partial charge is 0.383 e. The van der Waals surface area contributed by atoms with Gasteiger partial charge < -0.3 is 5.73 Å². The lowest BCUT2D eigenvalue weighted by Crippen LogP contribution is -2.06. The Bertz CT molecular complexity index is 1120. The van der Waals surface area contributed by atoms with Crippen molar-refractivity contribution in [1.82, 2.24) is 9.97 Å². The summed E-state index contributed by atoms with van der Waals surface area (Å²) in [5.41, 5.74) is 6.92. The Morgan fingerprint density at radius 3 is 2.04 bits per heavy atom. The molecule has 3 rings (SSSR count). The zero-order chi connectivity index (χ0) is 20.5. The van der Waals surface area contributed by atoms with E-state index in [9.17, 15) is 23.7 Å². The lowest BCUT2D eigenvalue weighted by atomic mass is 9.92. The van der Waals surface area contributed by atoms with Gasteiger partial charge in [-0.1, -0.05) is 12.1 Å². The predicted octanol–water partition coefficient (Wildman–Crippen LogP) is 4.46. The Balaban J connectivity index is 2.29. The monoisotopic (exact) mass is 379 g/mol. The third kappa shape index (κ3) is 3.36. The number of hydrogen-bond donors (Lipinski definition) is 1. The van der Waals surface area contributed by atoms with Gasteiger partial charge in [0.25, 0.3) is 0 Å². The van der Waals surface area contributed by atoms with Crippen molar-refractivity contribution in [3.05, 3.63) is 65.0 Å². The summed E-state index contributed by atoms with van der Waals surface area (Å²) in [4.78, 5) is 8.33. The number of nitrogens with zero attached hydrogens (tertiary/aromatic N) is 4. The molecule has 0 aliphatic rings. The summed E-state index contributed by atoms with van der Waals surface area (Å²) in [6.07, 6.45) is -2.98. The number of aryl methyl sites for hydroxylation is 1. The maximum Gasteiger partial charge on any atom is 0.416 e. The van der Waals surface area contributed by atoms with E-state index in [2.05, 4.69) is 9.97 Å². The van der Waals surface area contributed by atoms with E-state index < -0.39 is 11.7 Å². The molecule has 0 aliphatic carbocycles. The number of anilines is 1. The highest BCUT2D eigenvalue weighted by atomic mass is 19.4. The van der Waals surface area contributed by atoms with E-state index in [4.69, 9.17) is 5.73 Å². The minimum absolute atomic E-state index is 0.0381. The van der Waals surface area contributed by atoms with Gasteiger partial charge in [0.15, 0.2) is 0 Å². The Labute approximate surface area is 158 Å². The van der Waals surface area contributed by atoms with E-state index in [0.29, 0.717) is 5.56 Å². The van der Waals surface area contributed by atoms with Crippen molar-refractivity contribution >= 4 is 5.82 Å². The molecule has 0 fully saturated rings. The minimum atomic E-state index is -4.50. The number of nitriles is 2. The van der Waals surface area contributed by atoms with E-state index >= 15 is 0 Å². The molecule has 0 atom stereocenters. The van der Waals surface area contributed by atoms with Gasteiger partial charge in [-0.05, 0) is 36.8 Å². The third-order valence-corrected chi connectivity index (χ3v) is 4.13. The summed E-state index contributed by atoms with van der Waals surface area (Å²) in [5, 5.41) is 19.2. The third-order valence-electron chi connectivity index (χ3n) is 4.13. The van der Waals surface area contributed by atoms with Crippen LogP contribution in [0.4, 0.5) is 19.0 Å². The summed E-state index contributed by atoms with van der Waals surface area (Å²) < 4.78 is 38.6. The van der Waals surface area contributed by atoms with Crippen LogP contribution in [0, 0.1) is 29.6 Å². The molecule has 138 valence electrons. The zero-order valence-corrected chi connectivity index (χ0v) is 14.5. The van der Waals surface area contributed by atoms with E-state index in [1.807, 2.05) is 12.1 Å². The summed E-state index contributed by atoms with van der Waals surface area (Å²) in [5.74, 6) is -0.119. The number of hydrogen-bond acceptors (Lipinski definition) is 5. The molecule has 1 aromatic carbocycles. The second-order valence-corrected chi connectivity index (χ2v) is 5.96. The van der Waals surface area contributed by atoms with Crippen molar-refractivity contribution in [3.8, 4) is 34.5 Å². The summed E-state index contributed by atoms with van der Waals surface area (Å²) >= 11 is 0. The Morgan fingerprint density at radius 2 is 1.54 bits per heavy atom. The first-order valence-corrected chi connectivity index (χ1v) is 8.00. The summed E-state index contributed by atoms with van der Waals surface area (Å²) in [6, 6.07) is 11.5. The van der Waals surface area contributed by atoms with Gasteiger partial charge in [-0.2, -0.15) is 23.7 Å². The molecule has 2 aromatic heterocycles. The minimum Gasteiger partial charge on any atom is -0.383 e. The molecule has 28 heavy (non-hydrogen) atoms. The molecule has 0 saturated heterocycles. The van der Waals surface area contributed by atoms with Crippen LogP contribution < -0.4 is 5.73 Å². The van der Waals surface area contributed by atoms with Crippen molar-refractivity contribution < 1.29 is 13.2 Å². The number of nitrogens with two attached hydrogens (primary N) is 1. The van der Waals surface area contributed by atoms with Gasteiger partial charge in [-0.25, -0.2) is 4.98 Å². The van der Waals surface area contributed by atoms with Gasteiger partial charge in [0.1, 0.15) is 23.5 Å². The average Bonchev–Trinajstić information content (AvgIpc) is 2.67. The quantitative estimate of drug-likeness (QED) is 0.708. The van der Waals surface area contributed by atoms with Crippen LogP contribution >= 0.6 is 0 Å². The van der Waals surface area contributed by atoms with Gasteiger partial charge in [0.05, 0.1) is 16.8 Å². The Hall–Kier alpha value is -3.91. The van der Waals surface area contributed by atoms with Crippen LogP contribution in [0.2, 0.25) is 0 Å². The van der Waals surface area contributed by atoms with Crippen molar-refractivity contribution in [3.63, 3.8) is 0 Å². The molecule has 0 aliphatic heterocycles. The van der Waals surface area contributed by atoms with Crippen molar-refractivity contribution in [2.45, 2.75) is 13.1 Å². The second kappa shape index (κ2) is 7.01. The van der Waals surface area contributed by atoms with Crippen LogP contribution in [0.1, 0.15) is 22.4 Å². The van der Waals surface area contributed by atoms with Crippen molar-refractivity contribution in [1.29, 1.82) is 10.5 Å². The number of pyridine rings is 2. The molecular weight excluding hydrogens is 367 g/mol. The molecule has 0 saturated carbocycles. The fourth-order valence-corrected chi connectivity index (χ4v) is 2.76. The van der Waals surface area contributed by atoms with Crippen molar-refractivity contribution in [2.24, 2.45) is 0 Å². The number of benzene rings is 1. The summed E-state index contributed by atoms with van der Waals surface area (Å²) in [7, 11) is 0. The molecule has 0 bridgehead atoms. The highest BCUT2D eigenvalue weighted by Crippen LogP contribution is 2.37. The Kier molecular flexibility index (Phi) is 4.72. The highest BCUT2D eigenvalue weighted by molar-refractivity contribution is 5.87. The molecule has 5 nitrogen and oxygen atoms in total. The van der Waals surface area contributed by atoms with Crippen LogP contribution in [0.25, 0.3) is 22.4 Å². The van der Waals surface area contributed by atoms with Crippen molar-refractivity contribution in [2.75, 3.05) is 5.73 Å². The van der Waals surface area contributed by atoms with Crippen LogP contribution in [-0.4, -0.2) is 9.97 Å². The number of nitrogen functional groups attached to an aromatic ring is 1. The number of halogens is 3. The lowest BCUT2D eigenvalue weighted by molar-refractivity contribution is -0.137. The van der Waals surface area contributed by atoms with Crippen LogP contribution in [0.5, 0.6) is 0 Å². The molecule has 0 amide bonds. The molecule has 0 unspecified atom stereocenters. The first-order chi connectivity index (χ1) is 13.3. The molecule has 2 heterocycles. The SMILES string of the molecule is Cc1ccc(-c2nc(N)c(C#N)c(-c3ccc(C(F)(F)F)cc3)c2C#N)cn1. The normalized spacial score (nSPS) is 10.9. The van der Waals surface area contributed by atoms with Crippen LogP contribution in [0.3, 0.4) is 0 Å². The zero-order valence-electron chi connectivity index (χ0n) is 14.5. The van der Waals surface area contributed by atoms with E-state index in [-0.39, 0.29) is 33.8 Å². The first-order valence-electron chi connectivity index (χ1n) is 8.00. The topological polar surface area (TPSA) is 99.4 Å². The number of aromatic nitrogens is 2. The van der Waals surface area contributed by atoms with Crippen LogP contribution in [0.15, 0.2) is 42.6 Å². The molecule has 8 heteroatoms. The summed E-state index contributed by atoms with van der Waals surface area (Å²) in [6.45, 7) is 1.79. The number of rotatable bonds is 2. The van der Waals surface area contributed by atoms with Gasteiger partial charge in [0.2, 0.25) is 0 Å². The van der Waals surface area contributed by atoms with Gasteiger partial charge in [-0.15, -0.1) is 0 Å². The maximum atomic E-state index is 12.9. The standard InChI is InChI=1S/C20H12F3N5/c1-11-2-3-13(10-27-11)18-15(8-24)17(16(9-25)19(26)28-18)12-4-6-14(7-5-12)20(21,22)23/h2-7,10H,1H3,(H2,26,28). The van der Waals surface area contributed by atoms with Crippen LogP contribution in [-0.2, 0) is 6.18 Å². The second-order valence-electron chi connectivity index (χ2n) is 5.96. The van der Waals surface area contributed by atoms with Gasteiger partial charge in [-0.3, -0.25) is 4.98 Å². The molecule has 2 N–H and O–H groups in total. The fraction of sp³-hybridized carbons (Fsp3) is 0.100. The average molecular weight is 379 g/mol. The largest absolute Gasteiger partial charge is 0.416 e. The Morgan fingerprint density at radius 1 is 0.929 bits per heavy atom. The van der Waals surface area contributed by atoms with Gasteiger partial charge >= 0.3 is 6.18 Å². The molecule has 3 aromatic rings. The predicted molar refractivity (Wildman–Crippen MR) is 96.5 cm³/mol. The lowest BCUT2D eigenvalue weighted by Gasteiger charge is -2.14. The maximum absolute atomic E-state index is 12.9. The van der Waals surface area contributed by atoms with Gasteiger partial charge in [0, 0.05) is 23.0 Å². The number of alkyl halides is 3.